The van der Waals surface area contributed by atoms with E-state index in [0.717, 1.165) is 19.1 Å². The van der Waals surface area contributed by atoms with Gasteiger partial charge in [0.2, 0.25) is 0 Å². The number of hydrogen-bond acceptors (Lipinski definition) is 3. The van der Waals surface area contributed by atoms with E-state index in [-0.39, 0.29) is 16.4 Å². The Hall–Kier alpha value is -0.820. The minimum atomic E-state index is -0.239. The number of carbonyl (C=O) groups excluding carboxylic acids is 1. The van der Waals surface area contributed by atoms with Crippen molar-refractivity contribution < 1.29 is 9.53 Å². The number of nitriles is 1. The molecule has 0 aliphatic heterocycles. The first kappa shape index (κ1) is 8.28. The zero-order valence-corrected chi connectivity index (χ0v) is 7.30. The highest BCUT2D eigenvalue weighted by atomic mass is 79.9. The van der Waals surface area contributed by atoms with E-state index in [0.29, 0.717) is 0 Å². The van der Waals surface area contributed by atoms with Gasteiger partial charge in [-0.3, -0.25) is 4.79 Å². The predicted molar refractivity (Wildman–Crippen MR) is 41.4 cm³/mol. The number of halogens is 1. The van der Waals surface area contributed by atoms with Crippen LogP contribution in [0.3, 0.4) is 0 Å². The lowest BCUT2D eigenvalue weighted by molar-refractivity contribution is -0.139. The van der Waals surface area contributed by atoms with Crippen molar-refractivity contribution in [3.05, 3.63) is 10.7 Å². The van der Waals surface area contributed by atoms with Gasteiger partial charge < -0.3 is 4.74 Å². The Labute approximate surface area is 72.8 Å². The molecule has 11 heavy (non-hydrogen) atoms. The summed E-state index contributed by atoms with van der Waals surface area (Å²) in [5.41, 5.74) is 0. The van der Waals surface area contributed by atoms with Gasteiger partial charge in [0.1, 0.15) is 16.8 Å². The van der Waals surface area contributed by atoms with E-state index >= 15 is 0 Å². The average molecular weight is 216 g/mol. The maximum absolute atomic E-state index is 10.8. The SMILES string of the molecule is N#C/C(Br)=C/OC(=O)C1CC1. The lowest BCUT2D eigenvalue weighted by Gasteiger charge is -1.93. The van der Waals surface area contributed by atoms with E-state index < -0.39 is 0 Å². The lowest BCUT2D eigenvalue weighted by atomic mass is 10.4. The van der Waals surface area contributed by atoms with Crippen LogP contribution in [0.15, 0.2) is 10.7 Å². The molecule has 0 unspecified atom stereocenters. The summed E-state index contributed by atoms with van der Waals surface area (Å²) in [5.74, 6) is -0.164. The monoisotopic (exact) mass is 215 g/mol. The molecule has 0 aromatic rings. The molecule has 0 saturated heterocycles. The van der Waals surface area contributed by atoms with Crippen LogP contribution in [-0.2, 0) is 9.53 Å². The van der Waals surface area contributed by atoms with Crippen LogP contribution in [-0.4, -0.2) is 5.97 Å². The summed E-state index contributed by atoms with van der Waals surface area (Å²) in [5, 5.41) is 8.25. The highest BCUT2D eigenvalue weighted by Crippen LogP contribution is 2.30. The van der Waals surface area contributed by atoms with Gasteiger partial charge in [-0.1, -0.05) is 0 Å². The van der Waals surface area contributed by atoms with E-state index in [1.807, 2.05) is 0 Å². The van der Waals surface area contributed by atoms with Gasteiger partial charge in [0.15, 0.2) is 0 Å². The van der Waals surface area contributed by atoms with Gasteiger partial charge in [0, 0.05) is 0 Å². The normalized spacial score (nSPS) is 17.3. The first-order valence-corrected chi connectivity index (χ1v) is 3.99. The third kappa shape index (κ3) is 2.72. The second-order valence-corrected chi connectivity index (χ2v) is 3.14. The van der Waals surface area contributed by atoms with Crippen molar-refractivity contribution in [1.82, 2.24) is 0 Å². The van der Waals surface area contributed by atoms with Crippen LogP contribution >= 0.6 is 15.9 Å². The Kier molecular flexibility index (Phi) is 2.66. The van der Waals surface area contributed by atoms with Gasteiger partial charge in [-0.25, -0.2) is 0 Å². The molecule has 1 aliphatic rings. The van der Waals surface area contributed by atoms with Crippen molar-refractivity contribution >= 4 is 21.9 Å². The number of allylic oxidation sites excluding steroid dienone is 1. The summed E-state index contributed by atoms with van der Waals surface area (Å²) < 4.78 is 4.88. The highest BCUT2D eigenvalue weighted by Gasteiger charge is 2.30. The van der Waals surface area contributed by atoms with Crippen molar-refractivity contribution in [2.75, 3.05) is 0 Å². The first-order valence-electron chi connectivity index (χ1n) is 3.20. The van der Waals surface area contributed by atoms with Crippen LogP contribution in [0.4, 0.5) is 0 Å². The van der Waals surface area contributed by atoms with Crippen LogP contribution in [0.5, 0.6) is 0 Å². The molecule has 1 fully saturated rings. The van der Waals surface area contributed by atoms with Gasteiger partial charge in [0.05, 0.1) is 5.92 Å². The summed E-state index contributed by atoms with van der Waals surface area (Å²) in [4.78, 5) is 10.8. The zero-order chi connectivity index (χ0) is 8.27. The molecule has 4 heteroatoms. The van der Waals surface area contributed by atoms with Crippen molar-refractivity contribution in [3.8, 4) is 6.07 Å². The van der Waals surface area contributed by atoms with Crippen LogP contribution in [0.2, 0.25) is 0 Å². The molecular weight excluding hydrogens is 210 g/mol. The quantitative estimate of drug-likeness (QED) is 0.401. The Morgan fingerprint density at radius 3 is 2.82 bits per heavy atom. The molecule has 58 valence electrons. The van der Waals surface area contributed by atoms with Crippen LogP contribution < -0.4 is 0 Å². The zero-order valence-electron chi connectivity index (χ0n) is 5.71. The van der Waals surface area contributed by atoms with Crippen molar-refractivity contribution in [2.45, 2.75) is 12.8 Å². The van der Waals surface area contributed by atoms with E-state index in [1.54, 1.807) is 6.07 Å². The molecule has 0 atom stereocenters. The molecule has 1 aliphatic carbocycles. The number of carbonyl (C=O) groups is 1. The van der Waals surface area contributed by atoms with Gasteiger partial charge in [-0.15, -0.1) is 0 Å². The van der Waals surface area contributed by atoms with Crippen molar-refractivity contribution in [3.63, 3.8) is 0 Å². The Balaban J connectivity index is 2.31. The largest absolute Gasteiger partial charge is 0.432 e. The minimum absolute atomic E-state index is 0.0743. The number of nitrogens with zero attached hydrogens (tertiary/aromatic N) is 1. The van der Waals surface area contributed by atoms with E-state index in [4.69, 9.17) is 5.26 Å². The molecule has 0 bridgehead atoms. The predicted octanol–water partition coefficient (Wildman–Crippen LogP) is 1.70. The summed E-state index contributed by atoms with van der Waals surface area (Å²) in [6, 6.07) is 1.78. The third-order valence-corrected chi connectivity index (χ3v) is 1.66. The fraction of sp³-hybridized carbons (Fsp3) is 0.429. The van der Waals surface area contributed by atoms with Crippen LogP contribution in [0.25, 0.3) is 0 Å². The van der Waals surface area contributed by atoms with Crippen LogP contribution in [0, 0.1) is 17.2 Å². The second-order valence-electron chi connectivity index (χ2n) is 2.29. The number of hydrogen-bond donors (Lipinski definition) is 0. The van der Waals surface area contributed by atoms with E-state index in [2.05, 4.69) is 20.7 Å². The van der Waals surface area contributed by atoms with Gasteiger partial charge in [-0.05, 0) is 28.8 Å². The van der Waals surface area contributed by atoms with Gasteiger partial charge in [-0.2, -0.15) is 5.26 Å². The maximum atomic E-state index is 10.8. The van der Waals surface area contributed by atoms with Gasteiger partial charge >= 0.3 is 5.97 Å². The molecular formula is C7H6BrNO2. The number of ether oxygens (including phenoxy) is 1. The summed E-state index contributed by atoms with van der Waals surface area (Å²) in [6.45, 7) is 0. The lowest BCUT2D eigenvalue weighted by Crippen LogP contribution is -2.01. The fourth-order valence-corrected chi connectivity index (χ4v) is 0.645. The molecule has 0 heterocycles. The van der Waals surface area contributed by atoms with E-state index in [9.17, 15) is 4.79 Å². The first-order chi connectivity index (χ1) is 5.24. The molecule has 0 N–H and O–H groups in total. The molecule has 1 rings (SSSR count). The molecule has 3 nitrogen and oxygen atoms in total. The molecule has 0 spiro atoms. The minimum Gasteiger partial charge on any atom is -0.432 e. The maximum Gasteiger partial charge on any atom is 0.313 e. The molecule has 0 amide bonds. The third-order valence-electron chi connectivity index (χ3n) is 1.30. The average Bonchev–Trinajstić information content (AvgIpc) is 2.81. The summed E-state index contributed by atoms with van der Waals surface area (Å²) in [6.07, 6.45) is 2.95. The Morgan fingerprint density at radius 2 is 2.36 bits per heavy atom. The summed E-state index contributed by atoms with van der Waals surface area (Å²) in [7, 11) is 0. The van der Waals surface area contributed by atoms with Crippen LogP contribution in [0.1, 0.15) is 12.8 Å². The standard InChI is InChI=1S/C7H6BrNO2/c8-6(3-9)4-11-7(10)5-1-2-5/h4-5H,1-2H2/b6-4-. The second kappa shape index (κ2) is 3.54. The van der Waals surface area contributed by atoms with Crippen molar-refractivity contribution in [2.24, 2.45) is 5.92 Å². The molecule has 0 radical (unpaired) electrons. The fourth-order valence-electron chi connectivity index (χ4n) is 0.551. The number of rotatable bonds is 2. The molecule has 1 saturated carbocycles. The van der Waals surface area contributed by atoms with E-state index in [1.165, 1.54) is 0 Å². The smallest absolute Gasteiger partial charge is 0.313 e. The number of esters is 1. The topological polar surface area (TPSA) is 50.1 Å². The van der Waals surface area contributed by atoms with Crippen molar-refractivity contribution in [1.29, 1.82) is 5.26 Å². The molecule has 0 aromatic heterocycles. The molecule has 0 aromatic carbocycles. The Morgan fingerprint density at radius 1 is 1.73 bits per heavy atom. The van der Waals surface area contributed by atoms with Gasteiger partial charge in [0.25, 0.3) is 0 Å². The summed E-state index contributed by atoms with van der Waals surface area (Å²) >= 11 is 2.90. The highest BCUT2D eigenvalue weighted by molar-refractivity contribution is 9.12. The Bertz CT molecular complexity index is 237.